The number of carbonyl (C=O) groups excluding carboxylic acids is 3. The molecule has 0 bridgehead atoms. The van der Waals surface area contributed by atoms with Gasteiger partial charge in [-0.2, -0.15) is 0 Å². The van der Waals surface area contributed by atoms with Crippen molar-refractivity contribution in [3.63, 3.8) is 0 Å². The summed E-state index contributed by atoms with van der Waals surface area (Å²) in [5.41, 5.74) is 0. The average Bonchev–Trinajstić information content (AvgIpc) is 2.59. The molecule has 2 N–H and O–H groups in total. The molecule has 0 aromatic carbocycles. The van der Waals surface area contributed by atoms with Crippen LogP contribution < -0.4 is 10.6 Å². The zero-order valence-electron chi connectivity index (χ0n) is 15.2. The third-order valence-electron chi connectivity index (χ3n) is 4.88. The number of piperazine rings is 1. The lowest BCUT2D eigenvalue weighted by Crippen LogP contribution is -2.58. The van der Waals surface area contributed by atoms with Crippen LogP contribution in [0.2, 0.25) is 0 Å². The highest BCUT2D eigenvalue weighted by Gasteiger charge is 2.33. The van der Waals surface area contributed by atoms with Crippen molar-refractivity contribution in [3.8, 4) is 0 Å². The maximum absolute atomic E-state index is 12.3. The fourth-order valence-corrected chi connectivity index (χ4v) is 3.43. The van der Waals surface area contributed by atoms with E-state index in [2.05, 4.69) is 10.6 Å². The van der Waals surface area contributed by atoms with Crippen LogP contribution in [-0.2, 0) is 19.1 Å². The third kappa shape index (κ3) is 6.65. The smallest absolute Gasteiger partial charge is 0.307 e. The number of nitrogens with one attached hydrogen (secondary N) is 2. The van der Waals surface area contributed by atoms with Crippen LogP contribution in [-0.4, -0.2) is 61.0 Å². The molecule has 2 fully saturated rings. The first-order valence-corrected chi connectivity index (χ1v) is 9.57. The lowest BCUT2D eigenvalue weighted by molar-refractivity contribution is -0.149. The quantitative estimate of drug-likeness (QED) is 0.501. The lowest BCUT2D eigenvalue weighted by atomic mass is 9.95. The van der Waals surface area contributed by atoms with E-state index in [1.165, 1.54) is 6.42 Å². The van der Waals surface area contributed by atoms with Crippen molar-refractivity contribution in [3.05, 3.63) is 0 Å². The van der Waals surface area contributed by atoms with Gasteiger partial charge in [-0.3, -0.25) is 19.3 Å². The summed E-state index contributed by atoms with van der Waals surface area (Å²) >= 11 is 0. The maximum atomic E-state index is 12.3. The van der Waals surface area contributed by atoms with Gasteiger partial charge in [-0.25, -0.2) is 0 Å². The van der Waals surface area contributed by atoms with E-state index in [1.54, 1.807) is 4.90 Å². The maximum Gasteiger partial charge on any atom is 0.307 e. The Morgan fingerprint density at radius 2 is 2.04 bits per heavy atom. The average molecular weight is 353 g/mol. The minimum atomic E-state index is -0.625. The van der Waals surface area contributed by atoms with Gasteiger partial charge in [0.25, 0.3) is 0 Å². The fourth-order valence-electron chi connectivity index (χ4n) is 3.43. The minimum Gasteiger partial charge on any atom is -0.466 e. The van der Waals surface area contributed by atoms with Crippen molar-refractivity contribution >= 4 is 17.8 Å². The van der Waals surface area contributed by atoms with Gasteiger partial charge in [0, 0.05) is 19.1 Å². The molecule has 7 heteroatoms. The Hall–Kier alpha value is -1.63. The molecule has 1 saturated carbocycles. The van der Waals surface area contributed by atoms with Crippen molar-refractivity contribution in [2.24, 2.45) is 0 Å². The topological polar surface area (TPSA) is 87.7 Å². The van der Waals surface area contributed by atoms with Gasteiger partial charge in [0.1, 0.15) is 6.04 Å². The van der Waals surface area contributed by atoms with Crippen LogP contribution in [0.4, 0.5) is 0 Å². The van der Waals surface area contributed by atoms with E-state index in [0.29, 0.717) is 19.7 Å². The normalized spacial score (nSPS) is 22.3. The fraction of sp³-hybridized carbons (Fsp3) is 0.833. The lowest BCUT2D eigenvalue weighted by Gasteiger charge is -2.34. The molecule has 0 aromatic rings. The second-order valence-corrected chi connectivity index (χ2v) is 6.96. The zero-order valence-corrected chi connectivity index (χ0v) is 15.2. The number of carbonyl (C=O) groups is 3. The Morgan fingerprint density at radius 3 is 2.76 bits per heavy atom. The molecule has 2 amide bonds. The number of ether oxygens (including phenoxy) is 1. The van der Waals surface area contributed by atoms with Crippen molar-refractivity contribution in [2.45, 2.75) is 70.4 Å². The number of rotatable bonds is 8. The first kappa shape index (κ1) is 19.7. The van der Waals surface area contributed by atoms with Crippen molar-refractivity contribution in [2.75, 3.05) is 26.2 Å². The molecular weight excluding hydrogens is 322 g/mol. The van der Waals surface area contributed by atoms with Gasteiger partial charge in [-0.1, -0.05) is 32.6 Å². The number of hydrogen-bond acceptors (Lipinski definition) is 5. The number of hydrogen-bond donors (Lipinski definition) is 2. The van der Waals surface area contributed by atoms with E-state index >= 15 is 0 Å². The zero-order chi connectivity index (χ0) is 18.1. The highest BCUT2D eigenvalue weighted by atomic mass is 16.5. The van der Waals surface area contributed by atoms with E-state index in [-0.39, 0.29) is 36.8 Å². The molecule has 0 radical (unpaired) electrons. The van der Waals surface area contributed by atoms with Gasteiger partial charge in [0.15, 0.2) is 0 Å². The molecule has 1 aliphatic heterocycles. The van der Waals surface area contributed by atoms with Gasteiger partial charge in [0.05, 0.1) is 19.6 Å². The summed E-state index contributed by atoms with van der Waals surface area (Å²) < 4.78 is 5.16. The van der Waals surface area contributed by atoms with Crippen LogP contribution >= 0.6 is 0 Å². The van der Waals surface area contributed by atoms with E-state index in [1.807, 2.05) is 6.92 Å². The Balaban J connectivity index is 1.83. The largest absolute Gasteiger partial charge is 0.466 e. The van der Waals surface area contributed by atoms with Gasteiger partial charge in [-0.15, -0.1) is 0 Å². The SMILES string of the molecule is CCCCOC(=O)CC1C(=O)NCCN1CC(=O)NC1CCCCC1. The van der Waals surface area contributed by atoms with E-state index in [4.69, 9.17) is 4.74 Å². The van der Waals surface area contributed by atoms with Crippen molar-refractivity contribution < 1.29 is 19.1 Å². The predicted molar refractivity (Wildman–Crippen MR) is 93.9 cm³/mol. The van der Waals surface area contributed by atoms with Crippen molar-refractivity contribution in [1.82, 2.24) is 15.5 Å². The van der Waals surface area contributed by atoms with Crippen LogP contribution in [0.25, 0.3) is 0 Å². The molecule has 0 spiro atoms. The Morgan fingerprint density at radius 1 is 1.28 bits per heavy atom. The van der Waals surface area contributed by atoms with E-state index < -0.39 is 6.04 Å². The number of esters is 1. The molecule has 2 aliphatic rings. The summed E-state index contributed by atoms with van der Waals surface area (Å²) in [6.45, 7) is 3.62. The molecule has 142 valence electrons. The molecule has 1 saturated heterocycles. The number of amides is 2. The summed E-state index contributed by atoms with van der Waals surface area (Å²) in [5.74, 6) is -0.650. The standard InChI is InChI=1S/C18H31N3O4/c1-2-3-11-25-17(23)12-15-18(24)19-9-10-21(15)13-16(22)20-14-7-5-4-6-8-14/h14-15H,2-13H2,1H3,(H,19,24)(H,20,22). The Labute approximate surface area is 149 Å². The minimum absolute atomic E-state index is 0.00768. The summed E-state index contributed by atoms with van der Waals surface area (Å²) in [6, 6.07) is -0.377. The molecule has 7 nitrogen and oxygen atoms in total. The first-order valence-electron chi connectivity index (χ1n) is 9.57. The van der Waals surface area contributed by atoms with Gasteiger partial charge >= 0.3 is 5.97 Å². The van der Waals surface area contributed by atoms with Gasteiger partial charge < -0.3 is 15.4 Å². The van der Waals surface area contributed by atoms with E-state index in [9.17, 15) is 14.4 Å². The van der Waals surface area contributed by atoms with Crippen LogP contribution in [0, 0.1) is 0 Å². The highest BCUT2D eigenvalue weighted by molar-refractivity contribution is 5.88. The molecule has 0 aromatic heterocycles. The predicted octanol–water partition coefficient (Wildman–Crippen LogP) is 0.969. The number of nitrogens with zero attached hydrogens (tertiary/aromatic N) is 1. The number of unbranched alkanes of at least 4 members (excludes halogenated alkanes) is 1. The Bertz CT molecular complexity index is 463. The van der Waals surface area contributed by atoms with Crippen LogP contribution in [0.5, 0.6) is 0 Å². The van der Waals surface area contributed by atoms with Crippen LogP contribution in [0.3, 0.4) is 0 Å². The van der Waals surface area contributed by atoms with Crippen molar-refractivity contribution in [1.29, 1.82) is 0 Å². The van der Waals surface area contributed by atoms with Gasteiger partial charge in [0.2, 0.25) is 11.8 Å². The molecule has 25 heavy (non-hydrogen) atoms. The molecule has 1 heterocycles. The molecule has 2 rings (SSSR count). The third-order valence-corrected chi connectivity index (χ3v) is 4.88. The second kappa shape index (κ2) is 10.4. The second-order valence-electron chi connectivity index (χ2n) is 6.96. The summed E-state index contributed by atoms with van der Waals surface area (Å²) in [4.78, 5) is 38.2. The highest BCUT2D eigenvalue weighted by Crippen LogP contribution is 2.17. The molecular formula is C18H31N3O4. The summed E-state index contributed by atoms with van der Waals surface area (Å²) in [6.07, 6.45) is 7.36. The summed E-state index contributed by atoms with van der Waals surface area (Å²) in [7, 11) is 0. The molecule has 1 unspecified atom stereocenters. The van der Waals surface area contributed by atoms with Crippen LogP contribution in [0.1, 0.15) is 58.3 Å². The first-order chi connectivity index (χ1) is 12.1. The molecule has 1 aliphatic carbocycles. The summed E-state index contributed by atoms with van der Waals surface area (Å²) in [5, 5.41) is 5.84. The van der Waals surface area contributed by atoms with Crippen LogP contribution in [0.15, 0.2) is 0 Å². The Kier molecular flexibility index (Phi) is 8.18. The molecule has 1 atom stereocenters. The van der Waals surface area contributed by atoms with Gasteiger partial charge in [-0.05, 0) is 19.3 Å². The monoisotopic (exact) mass is 353 g/mol. The van der Waals surface area contributed by atoms with E-state index in [0.717, 1.165) is 38.5 Å².